The van der Waals surface area contributed by atoms with E-state index in [9.17, 15) is 10.5 Å². The Hall–Kier alpha value is -9.43. The third-order valence-electron chi connectivity index (χ3n) is 15.7. The summed E-state index contributed by atoms with van der Waals surface area (Å²) in [5.41, 5.74) is 18.6. The fourth-order valence-corrected chi connectivity index (χ4v) is 12.1. The van der Waals surface area contributed by atoms with Crippen molar-refractivity contribution in [2.45, 2.75) is 61.6 Å². The van der Waals surface area contributed by atoms with Gasteiger partial charge < -0.3 is 9.13 Å². The standard InChI is InChI=1S/C71H53F3N4/c1-40-9-17-56(44(5)25-40)50-13-21-60-61-22-14-51(57-18-10-41(2)26-45(57)6)33-65(61)77(64(60)32-50)68-36-55(54-30-48(38-75)29-49(31-54)39-76)37-69(70(68)71(72,73)74)78-66-34-52(58-19-11-42(3)27-46(58)7)15-23-62(66)63-24-16-53(35-67(63)78)59-20-12-43(4)28-47(59)8/h9-37H,1-8H3. The van der Waals surface area contributed by atoms with E-state index in [0.29, 0.717) is 33.2 Å². The maximum Gasteiger partial charge on any atom is 0.420 e. The summed E-state index contributed by atoms with van der Waals surface area (Å²) in [6.07, 6.45) is -4.95. The lowest BCUT2D eigenvalue weighted by molar-refractivity contribution is -0.137. The molecule has 0 atom stereocenters. The summed E-state index contributed by atoms with van der Waals surface area (Å²) in [6, 6.07) is 61.9. The second-order valence-corrected chi connectivity index (χ2v) is 21.3. The van der Waals surface area contributed by atoms with Crippen LogP contribution in [0.2, 0.25) is 0 Å². The molecule has 0 unspecified atom stereocenters. The number of aryl methyl sites for hydroxylation is 8. The van der Waals surface area contributed by atoms with Gasteiger partial charge >= 0.3 is 6.18 Å². The van der Waals surface area contributed by atoms with Crippen LogP contribution in [0.1, 0.15) is 61.2 Å². The summed E-state index contributed by atoms with van der Waals surface area (Å²) in [7, 11) is 0. The normalized spacial score (nSPS) is 11.8. The topological polar surface area (TPSA) is 57.4 Å². The molecule has 0 saturated heterocycles. The Balaban J connectivity index is 1.28. The van der Waals surface area contributed by atoms with Crippen LogP contribution in [0.4, 0.5) is 13.2 Å². The molecule has 0 aliphatic rings. The molecular weight excluding hydrogens is 966 g/mol. The van der Waals surface area contributed by atoms with Crippen molar-refractivity contribution < 1.29 is 13.2 Å². The fraction of sp³-hybridized carbons (Fsp3) is 0.127. The second kappa shape index (κ2) is 18.7. The number of fused-ring (bicyclic) bond motifs is 6. The van der Waals surface area contributed by atoms with Crippen LogP contribution in [0.15, 0.2) is 176 Å². The predicted octanol–water partition coefficient (Wildman–Crippen LogP) is 19.4. The molecule has 12 aromatic rings. The molecule has 78 heavy (non-hydrogen) atoms. The number of hydrogen-bond donors (Lipinski definition) is 0. The van der Waals surface area contributed by atoms with E-state index in [1.807, 2.05) is 76.2 Å². The molecule has 4 nitrogen and oxygen atoms in total. The second-order valence-electron chi connectivity index (χ2n) is 21.3. The van der Waals surface area contributed by atoms with Gasteiger partial charge in [-0.25, -0.2) is 0 Å². The van der Waals surface area contributed by atoms with Crippen molar-refractivity contribution in [1.82, 2.24) is 9.13 Å². The van der Waals surface area contributed by atoms with Gasteiger partial charge in [0, 0.05) is 21.5 Å². The number of benzene rings is 10. The molecule has 0 N–H and O–H groups in total. The first-order valence-electron chi connectivity index (χ1n) is 26.1. The Morgan fingerprint density at radius 2 is 0.603 bits per heavy atom. The summed E-state index contributed by atoms with van der Waals surface area (Å²) in [6.45, 7) is 16.4. The SMILES string of the molecule is Cc1ccc(-c2ccc3c4ccc(-c5ccc(C)cc5C)cc4n(-c4cc(-c5cc(C#N)cc(C#N)c5)cc(-n5c6cc(-c7ccc(C)cc7C)ccc6c6ccc(-c7ccc(C)cc7C)cc65)c4C(F)(F)F)c3c2)c(C)c1. The lowest BCUT2D eigenvalue weighted by Gasteiger charge is -2.24. The van der Waals surface area contributed by atoms with Crippen molar-refractivity contribution in [2.24, 2.45) is 0 Å². The largest absolute Gasteiger partial charge is 0.420 e. The molecule has 0 fully saturated rings. The third kappa shape index (κ3) is 8.40. The predicted molar refractivity (Wildman–Crippen MR) is 315 cm³/mol. The third-order valence-corrected chi connectivity index (χ3v) is 15.7. The quantitative estimate of drug-likeness (QED) is 0.160. The minimum atomic E-state index is -4.95. The molecule has 0 saturated carbocycles. The van der Waals surface area contributed by atoms with Crippen LogP contribution < -0.4 is 0 Å². The monoisotopic (exact) mass is 1020 g/mol. The number of hydrogen-bond acceptors (Lipinski definition) is 2. The van der Waals surface area contributed by atoms with E-state index in [-0.39, 0.29) is 22.5 Å². The van der Waals surface area contributed by atoms with Crippen molar-refractivity contribution in [1.29, 1.82) is 10.5 Å². The van der Waals surface area contributed by atoms with Crippen LogP contribution in [0.25, 0.3) is 111 Å². The van der Waals surface area contributed by atoms with E-state index in [2.05, 4.69) is 137 Å². The molecule has 0 amide bonds. The Bertz CT molecular complexity index is 4110. The minimum Gasteiger partial charge on any atom is -0.308 e. The molecule has 0 spiro atoms. The number of rotatable bonds is 7. The smallest absolute Gasteiger partial charge is 0.308 e. The van der Waals surface area contributed by atoms with E-state index < -0.39 is 11.7 Å². The lowest BCUT2D eigenvalue weighted by Crippen LogP contribution is -2.16. The van der Waals surface area contributed by atoms with Crippen LogP contribution in [0.3, 0.4) is 0 Å². The molecule has 2 aromatic heterocycles. The lowest BCUT2D eigenvalue weighted by atomic mass is 9.96. The van der Waals surface area contributed by atoms with Gasteiger partial charge in [0.1, 0.15) is 5.56 Å². The van der Waals surface area contributed by atoms with Gasteiger partial charge in [-0.1, -0.05) is 144 Å². The Labute approximate surface area is 452 Å². The van der Waals surface area contributed by atoms with E-state index in [1.165, 1.54) is 6.07 Å². The van der Waals surface area contributed by atoms with E-state index in [4.69, 9.17) is 0 Å². The van der Waals surface area contributed by atoms with Gasteiger partial charge in [0.2, 0.25) is 0 Å². The molecule has 0 radical (unpaired) electrons. The first-order chi connectivity index (χ1) is 37.5. The number of nitrogens with zero attached hydrogens (tertiary/aromatic N) is 4. The van der Waals surface area contributed by atoms with Crippen LogP contribution in [0.5, 0.6) is 0 Å². The Morgan fingerprint density at radius 3 is 0.859 bits per heavy atom. The highest BCUT2D eigenvalue weighted by atomic mass is 19.4. The highest BCUT2D eigenvalue weighted by molar-refractivity contribution is 6.13. The summed E-state index contributed by atoms with van der Waals surface area (Å²) in [4.78, 5) is 0. The number of aromatic nitrogens is 2. The summed E-state index contributed by atoms with van der Waals surface area (Å²) in [5.74, 6) is 0. The molecule has 7 heteroatoms. The van der Waals surface area contributed by atoms with Gasteiger partial charge in [-0.2, -0.15) is 23.7 Å². The summed E-state index contributed by atoms with van der Waals surface area (Å²) in [5, 5.41) is 23.9. The number of alkyl halides is 3. The van der Waals surface area contributed by atoms with Gasteiger partial charge in [0.25, 0.3) is 0 Å². The molecule has 0 bridgehead atoms. The first-order valence-corrected chi connectivity index (χ1v) is 26.1. The van der Waals surface area contributed by atoms with Gasteiger partial charge in [0.15, 0.2) is 0 Å². The van der Waals surface area contributed by atoms with Gasteiger partial charge in [-0.3, -0.25) is 0 Å². The highest BCUT2D eigenvalue weighted by Gasteiger charge is 2.40. The molecule has 10 aromatic carbocycles. The highest BCUT2D eigenvalue weighted by Crippen LogP contribution is 2.48. The molecule has 0 aliphatic heterocycles. The minimum absolute atomic E-state index is 0.0995. The molecule has 2 heterocycles. The van der Waals surface area contributed by atoms with Gasteiger partial charge in [0.05, 0.1) is 56.7 Å². The zero-order valence-electron chi connectivity index (χ0n) is 44.7. The average Bonchev–Trinajstić information content (AvgIpc) is 4.12. The van der Waals surface area contributed by atoms with Gasteiger partial charge in [-0.05, 0) is 188 Å². The number of halogens is 3. The zero-order valence-corrected chi connectivity index (χ0v) is 44.7. The Kier molecular flexibility index (Phi) is 11.8. The molecule has 0 aliphatic carbocycles. The first kappa shape index (κ1) is 49.4. The average molecular weight is 1020 g/mol. The number of nitriles is 2. The van der Waals surface area contributed by atoms with Crippen molar-refractivity contribution >= 4 is 43.6 Å². The molecule has 378 valence electrons. The van der Waals surface area contributed by atoms with E-state index >= 15 is 13.2 Å². The summed E-state index contributed by atoms with van der Waals surface area (Å²) < 4.78 is 56.1. The zero-order chi connectivity index (χ0) is 54.5. The van der Waals surface area contributed by atoms with Crippen molar-refractivity contribution in [3.63, 3.8) is 0 Å². The van der Waals surface area contributed by atoms with E-state index in [1.54, 1.807) is 33.4 Å². The maximum absolute atomic E-state index is 17.5. The van der Waals surface area contributed by atoms with E-state index in [0.717, 1.165) is 111 Å². The maximum atomic E-state index is 17.5. The van der Waals surface area contributed by atoms with Crippen LogP contribution in [-0.4, -0.2) is 9.13 Å². The van der Waals surface area contributed by atoms with Gasteiger partial charge in [-0.15, -0.1) is 0 Å². The van der Waals surface area contributed by atoms with Crippen LogP contribution in [-0.2, 0) is 6.18 Å². The summed E-state index contributed by atoms with van der Waals surface area (Å²) >= 11 is 0. The van der Waals surface area contributed by atoms with Crippen LogP contribution >= 0.6 is 0 Å². The Morgan fingerprint density at radius 1 is 0.321 bits per heavy atom. The van der Waals surface area contributed by atoms with Crippen molar-refractivity contribution in [2.75, 3.05) is 0 Å². The van der Waals surface area contributed by atoms with Crippen molar-refractivity contribution in [3.05, 3.63) is 237 Å². The fourth-order valence-electron chi connectivity index (χ4n) is 12.1. The van der Waals surface area contributed by atoms with Crippen molar-refractivity contribution in [3.8, 4) is 79.1 Å². The van der Waals surface area contributed by atoms with Crippen LogP contribution in [0, 0.1) is 78.1 Å². The molecule has 12 rings (SSSR count). The molecular formula is C71H53F3N4.